The van der Waals surface area contributed by atoms with E-state index in [0.29, 0.717) is 19.0 Å². The summed E-state index contributed by atoms with van der Waals surface area (Å²) in [5, 5.41) is 11.6. The Morgan fingerprint density at radius 2 is 2.31 bits per heavy atom. The molecule has 0 aliphatic carbocycles. The topological polar surface area (TPSA) is 52.6 Å². The van der Waals surface area contributed by atoms with Crippen LogP contribution in [0, 0.1) is 5.92 Å². The van der Waals surface area contributed by atoms with Gasteiger partial charge in [-0.2, -0.15) is 0 Å². The molecule has 0 bridgehead atoms. The van der Waals surface area contributed by atoms with Crippen LogP contribution >= 0.6 is 0 Å². The molecule has 0 unspecified atom stereocenters. The highest BCUT2D eigenvalue weighted by molar-refractivity contribution is 5.74. The largest absolute Gasteiger partial charge is 0.396 e. The summed E-state index contributed by atoms with van der Waals surface area (Å²) >= 11 is 0. The summed E-state index contributed by atoms with van der Waals surface area (Å²) < 4.78 is 0. The third-order valence-corrected chi connectivity index (χ3v) is 2.31. The van der Waals surface area contributed by atoms with Crippen LogP contribution in [-0.4, -0.2) is 42.3 Å². The predicted octanol–water partition coefficient (Wildman–Crippen LogP) is 0.420. The molecule has 1 aliphatic heterocycles. The molecule has 0 radical (unpaired) electrons. The number of hydrogen-bond donors (Lipinski definition) is 2. The van der Waals surface area contributed by atoms with Crippen molar-refractivity contribution in [2.24, 2.45) is 5.92 Å². The van der Waals surface area contributed by atoms with Crippen molar-refractivity contribution >= 4 is 6.03 Å². The van der Waals surface area contributed by atoms with Gasteiger partial charge in [0, 0.05) is 32.2 Å². The first-order chi connectivity index (χ1) is 6.27. The average Bonchev–Trinajstić information content (AvgIpc) is 2.03. The van der Waals surface area contributed by atoms with Crippen LogP contribution in [0.4, 0.5) is 4.79 Å². The van der Waals surface area contributed by atoms with Gasteiger partial charge in [0.2, 0.25) is 0 Å². The lowest BCUT2D eigenvalue weighted by Gasteiger charge is -2.38. The van der Waals surface area contributed by atoms with Gasteiger partial charge in [0.15, 0.2) is 0 Å². The number of likely N-dealkylation sites (tertiary alicyclic amines) is 1. The number of carbonyl (C=O) groups is 1. The molecule has 1 saturated heterocycles. The molecule has 0 saturated carbocycles. The fraction of sp³-hybridized carbons (Fsp3) is 0.889. The normalized spacial score (nSPS) is 16.9. The summed E-state index contributed by atoms with van der Waals surface area (Å²) in [5.74, 6) is 0.303. The third kappa shape index (κ3) is 2.88. The van der Waals surface area contributed by atoms with Crippen molar-refractivity contribution in [3.8, 4) is 0 Å². The lowest BCUT2D eigenvalue weighted by Crippen LogP contribution is -2.54. The Morgan fingerprint density at radius 1 is 1.62 bits per heavy atom. The van der Waals surface area contributed by atoms with Crippen LogP contribution < -0.4 is 5.32 Å². The molecular formula is C9H18N2O2. The molecule has 0 spiro atoms. The van der Waals surface area contributed by atoms with Gasteiger partial charge in [0.1, 0.15) is 0 Å². The molecule has 4 nitrogen and oxygen atoms in total. The molecule has 1 fully saturated rings. The molecule has 0 aromatic heterocycles. The van der Waals surface area contributed by atoms with Crippen LogP contribution in [-0.2, 0) is 0 Å². The summed E-state index contributed by atoms with van der Waals surface area (Å²) in [7, 11) is 0. The van der Waals surface area contributed by atoms with Crippen molar-refractivity contribution < 1.29 is 9.90 Å². The van der Waals surface area contributed by atoms with Crippen molar-refractivity contribution in [2.75, 3.05) is 26.2 Å². The molecular weight excluding hydrogens is 168 g/mol. The molecule has 76 valence electrons. The predicted molar refractivity (Wildman–Crippen MR) is 50.5 cm³/mol. The minimum atomic E-state index is 0.0122. The average molecular weight is 186 g/mol. The zero-order chi connectivity index (χ0) is 9.68. The van der Waals surface area contributed by atoms with Crippen molar-refractivity contribution in [3.63, 3.8) is 0 Å². The smallest absolute Gasteiger partial charge is 0.317 e. The van der Waals surface area contributed by atoms with Crippen LogP contribution in [0.5, 0.6) is 0 Å². The number of rotatable bonds is 4. The summed E-state index contributed by atoms with van der Waals surface area (Å²) in [6, 6.07) is 0.0122. The maximum Gasteiger partial charge on any atom is 0.317 e. The second kappa shape index (κ2) is 5.07. The molecule has 0 atom stereocenters. The molecule has 1 rings (SSSR count). The van der Waals surface area contributed by atoms with Crippen LogP contribution in [0.25, 0.3) is 0 Å². The van der Waals surface area contributed by atoms with E-state index >= 15 is 0 Å². The van der Waals surface area contributed by atoms with Crippen molar-refractivity contribution in [3.05, 3.63) is 0 Å². The Bertz CT molecular complexity index is 167. The Labute approximate surface area is 78.9 Å². The first kappa shape index (κ1) is 10.3. The van der Waals surface area contributed by atoms with E-state index in [-0.39, 0.29) is 12.6 Å². The number of nitrogens with zero attached hydrogens (tertiary/aromatic N) is 1. The highest BCUT2D eigenvalue weighted by atomic mass is 16.3. The molecule has 2 N–H and O–H groups in total. The SMILES string of the molecule is CCCCNC(=O)N1CC(CO)C1. The Hall–Kier alpha value is -0.770. The summed E-state index contributed by atoms with van der Waals surface area (Å²) in [5.41, 5.74) is 0. The fourth-order valence-corrected chi connectivity index (χ4v) is 1.34. The highest BCUT2D eigenvalue weighted by Crippen LogP contribution is 2.13. The number of unbranched alkanes of at least 4 members (excludes halogenated alkanes) is 1. The molecule has 0 aromatic carbocycles. The van der Waals surface area contributed by atoms with Crippen LogP contribution in [0.15, 0.2) is 0 Å². The van der Waals surface area contributed by atoms with Crippen molar-refractivity contribution in [2.45, 2.75) is 19.8 Å². The minimum Gasteiger partial charge on any atom is -0.396 e. The van der Waals surface area contributed by atoms with E-state index in [0.717, 1.165) is 19.4 Å². The van der Waals surface area contributed by atoms with Crippen molar-refractivity contribution in [1.29, 1.82) is 0 Å². The maximum absolute atomic E-state index is 11.3. The lowest BCUT2D eigenvalue weighted by atomic mass is 10.0. The van der Waals surface area contributed by atoms with E-state index in [1.54, 1.807) is 4.90 Å². The second-order valence-electron chi connectivity index (χ2n) is 3.54. The van der Waals surface area contributed by atoms with Gasteiger partial charge in [-0.1, -0.05) is 13.3 Å². The zero-order valence-electron chi connectivity index (χ0n) is 8.12. The number of hydrogen-bond acceptors (Lipinski definition) is 2. The highest BCUT2D eigenvalue weighted by Gasteiger charge is 2.29. The van der Waals surface area contributed by atoms with E-state index in [2.05, 4.69) is 12.2 Å². The molecule has 2 amide bonds. The Morgan fingerprint density at radius 3 is 2.85 bits per heavy atom. The first-order valence-electron chi connectivity index (χ1n) is 4.91. The van der Waals surface area contributed by atoms with Gasteiger partial charge in [0.05, 0.1) is 0 Å². The standard InChI is InChI=1S/C9H18N2O2/c1-2-3-4-10-9(13)11-5-8(6-11)7-12/h8,12H,2-7H2,1H3,(H,10,13). The fourth-order valence-electron chi connectivity index (χ4n) is 1.34. The maximum atomic E-state index is 11.3. The molecule has 4 heteroatoms. The van der Waals surface area contributed by atoms with E-state index < -0.39 is 0 Å². The lowest BCUT2D eigenvalue weighted by molar-refractivity contribution is 0.0777. The number of nitrogens with one attached hydrogen (secondary N) is 1. The zero-order valence-corrected chi connectivity index (χ0v) is 8.12. The number of urea groups is 1. The molecule has 1 heterocycles. The van der Waals surface area contributed by atoms with Gasteiger partial charge in [-0.05, 0) is 6.42 Å². The van der Waals surface area contributed by atoms with E-state index in [4.69, 9.17) is 5.11 Å². The summed E-state index contributed by atoms with van der Waals surface area (Å²) in [6.07, 6.45) is 2.13. The van der Waals surface area contributed by atoms with Gasteiger partial charge in [0.25, 0.3) is 0 Å². The Kier molecular flexibility index (Phi) is 4.02. The van der Waals surface area contributed by atoms with E-state index in [1.807, 2.05) is 0 Å². The summed E-state index contributed by atoms with van der Waals surface area (Å²) in [4.78, 5) is 13.0. The third-order valence-electron chi connectivity index (χ3n) is 2.31. The van der Waals surface area contributed by atoms with Crippen LogP contribution in [0.2, 0.25) is 0 Å². The molecule has 1 aliphatic rings. The molecule has 0 aromatic rings. The number of amides is 2. The van der Waals surface area contributed by atoms with Crippen molar-refractivity contribution in [1.82, 2.24) is 10.2 Å². The van der Waals surface area contributed by atoms with E-state index in [1.165, 1.54) is 0 Å². The van der Waals surface area contributed by atoms with Gasteiger partial charge in [-0.3, -0.25) is 0 Å². The number of aliphatic hydroxyl groups is 1. The quantitative estimate of drug-likeness (QED) is 0.625. The van der Waals surface area contributed by atoms with Gasteiger partial charge < -0.3 is 15.3 Å². The van der Waals surface area contributed by atoms with Crippen LogP contribution in [0.3, 0.4) is 0 Å². The first-order valence-corrected chi connectivity index (χ1v) is 4.91. The molecule has 13 heavy (non-hydrogen) atoms. The number of aliphatic hydroxyl groups excluding tert-OH is 1. The van der Waals surface area contributed by atoms with Gasteiger partial charge in [-0.15, -0.1) is 0 Å². The van der Waals surface area contributed by atoms with E-state index in [9.17, 15) is 4.79 Å². The Balaban J connectivity index is 2.05. The summed E-state index contributed by atoms with van der Waals surface area (Å²) in [6.45, 7) is 4.45. The minimum absolute atomic E-state index is 0.0122. The van der Waals surface area contributed by atoms with Gasteiger partial charge in [-0.25, -0.2) is 4.79 Å². The second-order valence-corrected chi connectivity index (χ2v) is 3.54. The van der Waals surface area contributed by atoms with Crippen LogP contribution in [0.1, 0.15) is 19.8 Å². The monoisotopic (exact) mass is 186 g/mol. The number of carbonyl (C=O) groups excluding carboxylic acids is 1. The van der Waals surface area contributed by atoms with Gasteiger partial charge >= 0.3 is 6.03 Å².